The Morgan fingerprint density at radius 2 is 1.63 bits per heavy atom. The van der Waals surface area contributed by atoms with Crippen molar-refractivity contribution in [2.45, 2.75) is 12.5 Å². The highest BCUT2D eigenvalue weighted by molar-refractivity contribution is 5.81. The molecule has 0 aliphatic heterocycles. The fourth-order valence-corrected chi connectivity index (χ4v) is 1.94. The zero-order valence-electron chi connectivity index (χ0n) is 10.8. The Balaban J connectivity index is 2.08. The maximum absolute atomic E-state index is 11.3. The van der Waals surface area contributed by atoms with Crippen molar-refractivity contribution in [2.75, 3.05) is 7.05 Å². The Hall–Kier alpha value is -2.13. The Morgan fingerprint density at radius 3 is 2.21 bits per heavy atom. The predicted molar refractivity (Wildman–Crippen MR) is 74.7 cm³/mol. The van der Waals surface area contributed by atoms with Crippen LogP contribution < -0.4 is 5.32 Å². The van der Waals surface area contributed by atoms with Crippen molar-refractivity contribution >= 4 is 5.91 Å². The van der Waals surface area contributed by atoms with Crippen LogP contribution in [0.25, 0.3) is 0 Å². The maximum Gasteiger partial charge on any atom is 0.253 e. The number of amides is 1. The van der Waals surface area contributed by atoms with Gasteiger partial charge >= 0.3 is 0 Å². The van der Waals surface area contributed by atoms with Crippen LogP contribution in [0.2, 0.25) is 0 Å². The number of carbonyl (C=O) groups excluding carboxylic acids is 1. The number of hydrogen-bond acceptors (Lipinski definition) is 2. The molecule has 0 spiro atoms. The summed E-state index contributed by atoms with van der Waals surface area (Å²) < 4.78 is 0. The zero-order chi connectivity index (χ0) is 13.7. The number of rotatable bonds is 4. The van der Waals surface area contributed by atoms with E-state index in [-0.39, 0.29) is 0 Å². The van der Waals surface area contributed by atoms with E-state index < -0.39 is 12.0 Å². The fourth-order valence-electron chi connectivity index (χ4n) is 1.94. The van der Waals surface area contributed by atoms with Crippen LogP contribution in [-0.4, -0.2) is 18.1 Å². The van der Waals surface area contributed by atoms with E-state index in [0.29, 0.717) is 5.56 Å². The van der Waals surface area contributed by atoms with Crippen LogP contribution in [0.5, 0.6) is 0 Å². The molecule has 1 amide bonds. The average molecular weight is 255 g/mol. The first-order chi connectivity index (χ1) is 9.20. The van der Waals surface area contributed by atoms with Crippen molar-refractivity contribution < 1.29 is 9.90 Å². The van der Waals surface area contributed by atoms with E-state index in [9.17, 15) is 9.90 Å². The van der Waals surface area contributed by atoms with Gasteiger partial charge in [-0.2, -0.15) is 0 Å². The molecule has 3 heteroatoms. The number of hydrogen-bond donors (Lipinski definition) is 2. The van der Waals surface area contributed by atoms with E-state index in [1.807, 2.05) is 30.3 Å². The lowest BCUT2D eigenvalue weighted by molar-refractivity contribution is -0.129. The van der Waals surface area contributed by atoms with Crippen molar-refractivity contribution in [3.63, 3.8) is 0 Å². The first kappa shape index (κ1) is 13.3. The second kappa shape index (κ2) is 6.16. The standard InChI is InChI=1S/C16H17NO2/c1-17-16(19)15(18)14-9-7-13(8-10-14)11-12-5-3-2-4-6-12/h2-10,15,18H,11H2,1H3,(H,17,19). The van der Waals surface area contributed by atoms with E-state index >= 15 is 0 Å². The molecule has 0 bridgehead atoms. The highest BCUT2D eigenvalue weighted by atomic mass is 16.3. The van der Waals surface area contributed by atoms with E-state index in [4.69, 9.17) is 0 Å². The van der Waals surface area contributed by atoms with Gasteiger partial charge < -0.3 is 10.4 Å². The molecule has 0 saturated heterocycles. The number of aliphatic hydroxyl groups is 1. The van der Waals surface area contributed by atoms with E-state index in [1.165, 1.54) is 12.6 Å². The molecule has 2 N–H and O–H groups in total. The maximum atomic E-state index is 11.3. The summed E-state index contributed by atoms with van der Waals surface area (Å²) in [5.74, 6) is -0.393. The molecule has 0 fully saturated rings. The molecule has 1 unspecified atom stereocenters. The monoisotopic (exact) mass is 255 g/mol. The van der Waals surface area contributed by atoms with Gasteiger partial charge in [-0.3, -0.25) is 4.79 Å². The molecule has 0 aromatic heterocycles. The molecule has 2 rings (SSSR count). The number of aliphatic hydroxyl groups excluding tert-OH is 1. The predicted octanol–water partition coefficient (Wildman–Crippen LogP) is 2.06. The Kier molecular flexibility index (Phi) is 4.31. The third kappa shape index (κ3) is 3.42. The first-order valence-electron chi connectivity index (χ1n) is 6.23. The van der Waals surface area contributed by atoms with Crippen LogP contribution >= 0.6 is 0 Å². The largest absolute Gasteiger partial charge is 0.378 e. The molecule has 98 valence electrons. The number of benzene rings is 2. The van der Waals surface area contributed by atoms with Crippen molar-refractivity contribution in [2.24, 2.45) is 0 Å². The normalized spacial score (nSPS) is 11.9. The minimum atomic E-state index is -1.10. The SMILES string of the molecule is CNC(=O)C(O)c1ccc(Cc2ccccc2)cc1. The van der Waals surface area contributed by atoms with Crippen molar-refractivity contribution in [1.82, 2.24) is 5.32 Å². The van der Waals surface area contributed by atoms with Gasteiger partial charge in [-0.15, -0.1) is 0 Å². The van der Waals surface area contributed by atoms with E-state index in [0.717, 1.165) is 12.0 Å². The number of nitrogens with one attached hydrogen (secondary N) is 1. The van der Waals surface area contributed by atoms with Gasteiger partial charge in [0, 0.05) is 7.05 Å². The summed E-state index contributed by atoms with van der Waals surface area (Å²) in [4.78, 5) is 11.3. The third-order valence-corrected chi connectivity index (χ3v) is 3.04. The van der Waals surface area contributed by atoms with Gasteiger partial charge in [-0.05, 0) is 23.1 Å². The Labute approximate surface area is 112 Å². The molecule has 2 aromatic rings. The molecule has 3 nitrogen and oxygen atoms in total. The molecule has 1 atom stereocenters. The van der Waals surface area contributed by atoms with Gasteiger partial charge in [-0.1, -0.05) is 54.6 Å². The molecular formula is C16H17NO2. The molecular weight excluding hydrogens is 238 g/mol. The summed E-state index contributed by atoms with van der Waals surface area (Å²) >= 11 is 0. The lowest BCUT2D eigenvalue weighted by atomic mass is 10.0. The zero-order valence-corrected chi connectivity index (χ0v) is 10.8. The summed E-state index contributed by atoms with van der Waals surface area (Å²) in [5.41, 5.74) is 3.00. The molecule has 0 aliphatic rings. The van der Waals surface area contributed by atoms with Gasteiger partial charge in [-0.25, -0.2) is 0 Å². The molecule has 0 radical (unpaired) electrons. The van der Waals surface area contributed by atoms with Crippen LogP contribution in [0.4, 0.5) is 0 Å². The van der Waals surface area contributed by atoms with Gasteiger partial charge in [0.2, 0.25) is 0 Å². The second-order valence-corrected chi connectivity index (χ2v) is 4.42. The highest BCUT2D eigenvalue weighted by Gasteiger charge is 2.15. The van der Waals surface area contributed by atoms with Crippen LogP contribution in [0.3, 0.4) is 0 Å². The molecule has 0 aliphatic carbocycles. The average Bonchev–Trinajstić information content (AvgIpc) is 2.47. The first-order valence-corrected chi connectivity index (χ1v) is 6.23. The summed E-state index contributed by atoms with van der Waals surface area (Å²) in [6, 6.07) is 17.6. The number of likely N-dealkylation sites (N-methyl/N-ethyl adjacent to an activating group) is 1. The summed E-state index contributed by atoms with van der Waals surface area (Å²) in [6.07, 6.45) is -0.257. The van der Waals surface area contributed by atoms with Crippen molar-refractivity contribution in [3.05, 3.63) is 71.3 Å². The summed E-state index contributed by atoms with van der Waals surface area (Å²) in [5, 5.41) is 12.2. The van der Waals surface area contributed by atoms with E-state index in [1.54, 1.807) is 12.1 Å². The lowest BCUT2D eigenvalue weighted by Crippen LogP contribution is -2.25. The van der Waals surface area contributed by atoms with Gasteiger partial charge in [0.05, 0.1) is 0 Å². The summed E-state index contributed by atoms with van der Waals surface area (Å²) in [7, 11) is 1.51. The molecule has 19 heavy (non-hydrogen) atoms. The minimum Gasteiger partial charge on any atom is -0.378 e. The van der Waals surface area contributed by atoms with Crippen LogP contribution in [0, 0.1) is 0 Å². The van der Waals surface area contributed by atoms with Crippen molar-refractivity contribution in [1.29, 1.82) is 0 Å². The third-order valence-electron chi connectivity index (χ3n) is 3.04. The van der Waals surface area contributed by atoms with Gasteiger partial charge in [0.15, 0.2) is 6.10 Å². The van der Waals surface area contributed by atoms with Crippen LogP contribution in [0.1, 0.15) is 22.8 Å². The number of carbonyl (C=O) groups is 1. The molecule has 0 saturated carbocycles. The lowest BCUT2D eigenvalue weighted by Gasteiger charge is -2.10. The second-order valence-electron chi connectivity index (χ2n) is 4.42. The van der Waals surface area contributed by atoms with Gasteiger partial charge in [0.1, 0.15) is 0 Å². The summed E-state index contributed by atoms with van der Waals surface area (Å²) in [6.45, 7) is 0. The van der Waals surface area contributed by atoms with Crippen LogP contribution in [-0.2, 0) is 11.2 Å². The fraction of sp³-hybridized carbons (Fsp3) is 0.188. The molecule has 0 heterocycles. The van der Waals surface area contributed by atoms with Crippen LogP contribution in [0.15, 0.2) is 54.6 Å². The Morgan fingerprint density at radius 1 is 1.05 bits per heavy atom. The highest BCUT2D eigenvalue weighted by Crippen LogP contribution is 2.16. The van der Waals surface area contributed by atoms with E-state index in [2.05, 4.69) is 17.4 Å². The van der Waals surface area contributed by atoms with Gasteiger partial charge in [0.25, 0.3) is 5.91 Å². The molecule has 2 aromatic carbocycles. The quantitative estimate of drug-likeness (QED) is 0.878. The topological polar surface area (TPSA) is 49.3 Å². The smallest absolute Gasteiger partial charge is 0.253 e. The minimum absolute atomic E-state index is 0.393. The van der Waals surface area contributed by atoms with Crippen molar-refractivity contribution in [3.8, 4) is 0 Å². The Bertz CT molecular complexity index is 534.